The molecule has 2 aromatic heterocycles. The van der Waals surface area contributed by atoms with Gasteiger partial charge < -0.3 is 15.2 Å². The molecule has 3 unspecified atom stereocenters. The van der Waals surface area contributed by atoms with E-state index >= 15 is 0 Å². The van der Waals surface area contributed by atoms with Crippen LogP contribution in [-0.4, -0.2) is 43.7 Å². The molecule has 0 bridgehead atoms. The number of carbonyl (C=O) groups excluding carboxylic acids is 2. The molecule has 42 heavy (non-hydrogen) atoms. The van der Waals surface area contributed by atoms with E-state index in [0.717, 1.165) is 41.8 Å². The summed E-state index contributed by atoms with van der Waals surface area (Å²) in [6.07, 6.45) is -2.86. The first kappa shape index (κ1) is 29.5. The fraction of sp³-hybridized carbons (Fsp3) is 0.333. The summed E-state index contributed by atoms with van der Waals surface area (Å²) < 4.78 is 41.4. The number of halogens is 3. The molecule has 1 saturated carbocycles. The molecular formula is C27H25F3N6O4S2. The Bertz CT molecular complexity index is 1530. The number of amides is 2. The lowest BCUT2D eigenvalue weighted by Gasteiger charge is -2.25. The summed E-state index contributed by atoms with van der Waals surface area (Å²) in [6.45, 7) is 0. The lowest BCUT2D eigenvalue weighted by Crippen LogP contribution is -2.20. The van der Waals surface area contributed by atoms with Gasteiger partial charge in [-0.1, -0.05) is 71.6 Å². The van der Waals surface area contributed by atoms with Crippen molar-refractivity contribution < 1.29 is 32.6 Å². The number of hydrogen-bond acceptors (Lipinski definition) is 10. The number of carbonyl (C=O) groups is 2. The van der Waals surface area contributed by atoms with Crippen LogP contribution in [0, 0.1) is 0 Å². The van der Waals surface area contributed by atoms with Crippen LogP contribution in [0.5, 0.6) is 5.75 Å². The second-order valence-electron chi connectivity index (χ2n) is 9.67. The number of aliphatic hydroxyl groups is 1. The number of ether oxygens (including phenoxy) is 1. The van der Waals surface area contributed by atoms with Gasteiger partial charge in [0.1, 0.15) is 15.8 Å². The monoisotopic (exact) mass is 618 g/mol. The number of alkyl halides is 3. The van der Waals surface area contributed by atoms with E-state index in [1.54, 1.807) is 30.3 Å². The lowest BCUT2D eigenvalue weighted by molar-refractivity contribution is -0.274. The summed E-state index contributed by atoms with van der Waals surface area (Å²) in [5.74, 6) is -1.24. The van der Waals surface area contributed by atoms with Crippen LogP contribution in [0.15, 0.2) is 54.6 Å². The molecule has 2 heterocycles. The molecule has 10 nitrogen and oxygen atoms in total. The van der Waals surface area contributed by atoms with Gasteiger partial charge in [0.05, 0.1) is 6.42 Å². The van der Waals surface area contributed by atoms with Gasteiger partial charge in [0.15, 0.2) is 6.10 Å². The van der Waals surface area contributed by atoms with Gasteiger partial charge in [-0.25, -0.2) is 0 Å². The van der Waals surface area contributed by atoms with Crippen molar-refractivity contribution in [1.29, 1.82) is 0 Å². The Morgan fingerprint density at radius 3 is 2.21 bits per heavy atom. The number of rotatable bonds is 9. The van der Waals surface area contributed by atoms with E-state index in [2.05, 4.69) is 35.8 Å². The highest BCUT2D eigenvalue weighted by molar-refractivity contribution is 7.15. The van der Waals surface area contributed by atoms with Crippen molar-refractivity contribution in [3.05, 3.63) is 75.7 Å². The second-order valence-corrected chi connectivity index (χ2v) is 11.7. The van der Waals surface area contributed by atoms with Gasteiger partial charge in [-0.3, -0.25) is 14.9 Å². The first-order chi connectivity index (χ1) is 20.1. The molecule has 15 heteroatoms. The first-order valence-electron chi connectivity index (χ1n) is 13.0. The molecular weight excluding hydrogens is 593 g/mol. The summed E-state index contributed by atoms with van der Waals surface area (Å²) >= 11 is 2.53. The standard InChI is InChI=1S/C27H25F3N6O4S2/c28-27(29,30)40-19-11-4-6-15(12-19)13-20(37)31-25-35-33-23(41-25)17-9-5-10-18(14-17)24-34-36-26(42-24)32-22(39)21(38)16-7-2-1-3-8-16/h1-4,6-8,11-12,17-18,21,38H,5,9-10,13-14H2,(H,31,35,37)(H,32,36,39). The number of benzene rings is 2. The van der Waals surface area contributed by atoms with Crippen molar-refractivity contribution in [1.82, 2.24) is 20.4 Å². The molecule has 4 aromatic rings. The zero-order chi connectivity index (χ0) is 29.7. The Balaban J connectivity index is 1.15. The number of aromatic nitrogens is 4. The number of nitrogens with one attached hydrogen (secondary N) is 2. The van der Waals surface area contributed by atoms with Crippen LogP contribution in [0.3, 0.4) is 0 Å². The minimum absolute atomic E-state index is 0.0879. The van der Waals surface area contributed by atoms with E-state index in [4.69, 9.17) is 0 Å². The van der Waals surface area contributed by atoms with Crippen LogP contribution in [0.2, 0.25) is 0 Å². The molecule has 0 saturated heterocycles. The highest BCUT2D eigenvalue weighted by Crippen LogP contribution is 2.43. The average Bonchev–Trinajstić information content (AvgIpc) is 3.62. The fourth-order valence-electron chi connectivity index (χ4n) is 4.70. The maximum absolute atomic E-state index is 12.5. The van der Waals surface area contributed by atoms with E-state index in [0.29, 0.717) is 21.4 Å². The van der Waals surface area contributed by atoms with Crippen molar-refractivity contribution in [2.24, 2.45) is 0 Å². The van der Waals surface area contributed by atoms with Crippen molar-refractivity contribution in [2.75, 3.05) is 10.6 Å². The van der Waals surface area contributed by atoms with E-state index < -0.39 is 30.0 Å². The Labute approximate surface area is 246 Å². The van der Waals surface area contributed by atoms with Crippen LogP contribution in [0.1, 0.15) is 64.8 Å². The third kappa shape index (κ3) is 7.86. The first-order valence-corrected chi connectivity index (χ1v) is 14.6. The molecule has 5 rings (SSSR count). The van der Waals surface area contributed by atoms with E-state index in [1.165, 1.54) is 40.9 Å². The molecule has 220 valence electrons. The van der Waals surface area contributed by atoms with Crippen molar-refractivity contribution in [3.8, 4) is 5.75 Å². The Morgan fingerprint density at radius 1 is 0.929 bits per heavy atom. The molecule has 2 aromatic carbocycles. The number of anilines is 2. The summed E-state index contributed by atoms with van der Waals surface area (Å²) in [4.78, 5) is 25.0. The van der Waals surface area contributed by atoms with Crippen molar-refractivity contribution in [2.45, 2.75) is 56.4 Å². The van der Waals surface area contributed by atoms with Crippen molar-refractivity contribution in [3.63, 3.8) is 0 Å². The third-order valence-electron chi connectivity index (χ3n) is 6.59. The predicted octanol–water partition coefficient (Wildman–Crippen LogP) is 5.58. The molecule has 1 aliphatic carbocycles. The quantitative estimate of drug-likeness (QED) is 0.221. The van der Waals surface area contributed by atoms with E-state index in [1.807, 2.05) is 0 Å². The van der Waals surface area contributed by atoms with Crippen LogP contribution in [0.25, 0.3) is 0 Å². The van der Waals surface area contributed by atoms with E-state index in [-0.39, 0.29) is 18.3 Å². The lowest BCUT2D eigenvalue weighted by atomic mass is 9.82. The van der Waals surface area contributed by atoms with Crippen molar-refractivity contribution >= 4 is 44.8 Å². The fourth-order valence-corrected chi connectivity index (χ4v) is 6.50. The van der Waals surface area contributed by atoms with Crippen LogP contribution >= 0.6 is 22.7 Å². The minimum Gasteiger partial charge on any atom is -0.406 e. The summed E-state index contributed by atoms with van der Waals surface area (Å²) in [7, 11) is 0. The minimum atomic E-state index is -4.82. The molecule has 0 spiro atoms. The van der Waals surface area contributed by atoms with Crippen LogP contribution < -0.4 is 15.4 Å². The highest BCUT2D eigenvalue weighted by atomic mass is 32.1. The Hall–Kier alpha value is -3.95. The zero-order valence-corrected chi connectivity index (χ0v) is 23.5. The maximum Gasteiger partial charge on any atom is 0.573 e. The van der Waals surface area contributed by atoms with Gasteiger partial charge in [0.25, 0.3) is 5.91 Å². The Morgan fingerprint density at radius 2 is 1.57 bits per heavy atom. The molecule has 3 N–H and O–H groups in total. The van der Waals surface area contributed by atoms with Gasteiger partial charge in [-0.2, -0.15) is 0 Å². The molecule has 1 aliphatic rings. The van der Waals surface area contributed by atoms with Gasteiger partial charge in [-0.15, -0.1) is 33.6 Å². The largest absolute Gasteiger partial charge is 0.573 e. The van der Waals surface area contributed by atoms with Gasteiger partial charge in [0, 0.05) is 11.8 Å². The number of aliphatic hydroxyl groups excluding tert-OH is 1. The average molecular weight is 619 g/mol. The van der Waals surface area contributed by atoms with Gasteiger partial charge in [-0.05, 0) is 42.5 Å². The summed E-state index contributed by atoms with van der Waals surface area (Å²) in [5.41, 5.74) is 0.837. The topological polar surface area (TPSA) is 139 Å². The summed E-state index contributed by atoms with van der Waals surface area (Å²) in [6, 6.07) is 13.9. The molecule has 3 atom stereocenters. The maximum atomic E-state index is 12.5. The SMILES string of the molecule is O=C(Cc1cccc(OC(F)(F)F)c1)Nc1nnc(C2CCCC(c3nnc(NC(=O)C(O)c4ccccc4)s3)C2)s1. The predicted molar refractivity (Wildman–Crippen MR) is 149 cm³/mol. The third-order valence-corrected chi connectivity index (χ3v) is 8.59. The Kier molecular flexibility index (Phi) is 9.09. The molecule has 0 aliphatic heterocycles. The van der Waals surface area contributed by atoms with Crippen LogP contribution in [0.4, 0.5) is 23.4 Å². The summed E-state index contributed by atoms with van der Waals surface area (Å²) in [5, 5.41) is 34.5. The zero-order valence-electron chi connectivity index (χ0n) is 21.9. The van der Waals surface area contributed by atoms with E-state index in [9.17, 15) is 27.9 Å². The van der Waals surface area contributed by atoms with Gasteiger partial charge in [0.2, 0.25) is 16.2 Å². The number of hydrogen-bond donors (Lipinski definition) is 3. The molecule has 1 fully saturated rings. The van der Waals surface area contributed by atoms with Gasteiger partial charge >= 0.3 is 6.36 Å². The number of nitrogens with zero attached hydrogens (tertiary/aromatic N) is 4. The van der Waals surface area contributed by atoms with Crippen LogP contribution in [-0.2, 0) is 16.0 Å². The molecule has 2 amide bonds. The smallest absolute Gasteiger partial charge is 0.406 e. The normalized spacial score (nSPS) is 17.8. The molecule has 0 radical (unpaired) electrons. The highest BCUT2D eigenvalue weighted by Gasteiger charge is 2.32. The second kappa shape index (κ2) is 12.9.